The van der Waals surface area contributed by atoms with Crippen LogP contribution in [0, 0.1) is 5.92 Å². The van der Waals surface area contributed by atoms with E-state index in [1.165, 1.54) is 6.42 Å². The van der Waals surface area contributed by atoms with E-state index in [4.69, 9.17) is 4.74 Å². The average molecular weight is 348 g/mol. The third-order valence-corrected chi connectivity index (χ3v) is 4.48. The fourth-order valence-corrected chi connectivity index (χ4v) is 3.00. The van der Waals surface area contributed by atoms with E-state index >= 15 is 0 Å². The number of hydrogen-bond donors (Lipinski definition) is 3. The number of ether oxygens (including phenoxy) is 1. The summed E-state index contributed by atoms with van der Waals surface area (Å²) in [4.78, 5) is 24.1. The van der Waals surface area contributed by atoms with E-state index in [9.17, 15) is 14.7 Å². The molecule has 3 atom stereocenters. The summed E-state index contributed by atoms with van der Waals surface area (Å²) in [7, 11) is 0. The van der Waals surface area contributed by atoms with Crippen LogP contribution in [0.25, 0.3) is 0 Å². The van der Waals surface area contributed by atoms with Gasteiger partial charge in [0, 0.05) is 18.2 Å². The summed E-state index contributed by atoms with van der Waals surface area (Å²) >= 11 is 0. The molecule has 1 aliphatic rings. The zero-order valence-electron chi connectivity index (χ0n) is 15.0. The lowest BCUT2D eigenvalue weighted by atomic mass is 9.86. The van der Waals surface area contributed by atoms with Crippen LogP contribution in [0.15, 0.2) is 24.3 Å². The largest absolute Gasteiger partial charge is 0.484 e. The molecule has 2 rings (SSSR count). The maximum atomic E-state index is 12.1. The number of aliphatic hydroxyl groups excluding tert-OH is 1. The van der Waals surface area contributed by atoms with Crippen LogP contribution >= 0.6 is 0 Å². The molecule has 0 radical (unpaired) electrons. The number of benzene rings is 1. The molecule has 138 valence electrons. The standard InChI is InChI=1S/C19H28N2O4/c1-13-6-3-4-9-17(13)21-18(23)12-25-16-8-5-7-15(10-16)19(24)20-11-14(2)22/h5,7-8,10,13-14,17,22H,3-4,6,9,11-12H2,1-2H3,(H,20,24)(H,21,23). The van der Waals surface area contributed by atoms with Crippen molar-refractivity contribution in [2.75, 3.05) is 13.2 Å². The molecule has 1 aromatic rings. The van der Waals surface area contributed by atoms with Crippen molar-refractivity contribution in [3.8, 4) is 5.75 Å². The van der Waals surface area contributed by atoms with Gasteiger partial charge >= 0.3 is 0 Å². The zero-order valence-corrected chi connectivity index (χ0v) is 15.0. The lowest BCUT2D eigenvalue weighted by Crippen LogP contribution is -2.43. The predicted octanol–water partition coefficient (Wildman–Crippen LogP) is 1.87. The lowest BCUT2D eigenvalue weighted by molar-refractivity contribution is -0.124. The van der Waals surface area contributed by atoms with Gasteiger partial charge in [-0.25, -0.2) is 0 Å². The maximum absolute atomic E-state index is 12.1. The number of aliphatic hydroxyl groups is 1. The minimum Gasteiger partial charge on any atom is -0.484 e. The van der Waals surface area contributed by atoms with E-state index in [1.807, 2.05) is 0 Å². The summed E-state index contributed by atoms with van der Waals surface area (Å²) in [5.74, 6) is 0.546. The Labute approximate surface area is 149 Å². The number of rotatable bonds is 7. The number of carbonyl (C=O) groups excluding carboxylic acids is 2. The van der Waals surface area contributed by atoms with E-state index in [2.05, 4.69) is 17.6 Å². The normalized spacial score (nSPS) is 21.2. The summed E-state index contributed by atoms with van der Waals surface area (Å²) in [6.45, 7) is 3.89. The highest BCUT2D eigenvalue weighted by atomic mass is 16.5. The van der Waals surface area contributed by atoms with Crippen molar-refractivity contribution in [3.63, 3.8) is 0 Å². The van der Waals surface area contributed by atoms with E-state index in [1.54, 1.807) is 31.2 Å². The van der Waals surface area contributed by atoms with Crippen molar-refractivity contribution < 1.29 is 19.4 Å². The molecule has 3 N–H and O–H groups in total. The molecule has 6 heteroatoms. The summed E-state index contributed by atoms with van der Waals surface area (Å²) in [5, 5.41) is 14.9. The predicted molar refractivity (Wildman–Crippen MR) is 95.5 cm³/mol. The van der Waals surface area contributed by atoms with Crippen molar-refractivity contribution in [3.05, 3.63) is 29.8 Å². The fourth-order valence-electron chi connectivity index (χ4n) is 3.00. The molecule has 1 aliphatic carbocycles. The molecule has 0 aliphatic heterocycles. The molecular formula is C19H28N2O4. The van der Waals surface area contributed by atoms with Gasteiger partial charge in [0.2, 0.25) is 0 Å². The highest BCUT2D eigenvalue weighted by Gasteiger charge is 2.22. The molecule has 1 aromatic carbocycles. The van der Waals surface area contributed by atoms with Gasteiger partial charge in [-0.2, -0.15) is 0 Å². The van der Waals surface area contributed by atoms with Gasteiger partial charge in [-0.1, -0.05) is 25.8 Å². The van der Waals surface area contributed by atoms with Crippen LogP contribution in [0.5, 0.6) is 5.75 Å². The second kappa shape index (κ2) is 9.42. The Kier molecular flexibility index (Phi) is 7.25. The highest BCUT2D eigenvalue weighted by Crippen LogP contribution is 2.23. The first-order valence-corrected chi connectivity index (χ1v) is 8.94. The monoisotopic (exact) mass is 348 g/mol. The van der Waals surface area contributed by atoms with Crippen molar-refractivity contribution in [1.29, 1.82) is 0 Å². The van der Waals surface area contributed by atoms with Gasteiger partial charge in [0.25, 0.3) is 11.8 Å². The van der Waals surface area contributed by atoms with Crippen LogP contribution in [0.2, 0.25) is 0 Å². The van der Waals surface area contributed by atoms with Gasteiger partial charge in [0.15, 0.2) is 6.61 Å². The Hall–Kier alpha value is -2.08. The molecule has 2 amide bonds. The van der Waals surface area contributed by atoms with E-state index in [-0.39, 0.29) is 31.0 Å². The Bertz CT molecular complexity index is 589. The molecule has 0 spiro atoms. The number of amides is 2. The molecule has 6 nitrogen and oxygen atoms in total. The minimum absolute atomic E-state index is 0.0675. The Morgan fingerprint density at radius 2 is 2.08 bits per heavy atom. The van der Waals surface area contributed by atoms with Crippen molar-refractivity contribution >= 4 is 11.8 Å². The van der Waals surface area contributed by atoms with Gasteiger partial charge in [0.1, 0.15) is 5.75 Å². The van der Waals surface area contributed by atoms with Gasteiger partial charge in [-0.15, -0.1) is 0 Å². The molecule has 1 fully saturated rings. The summed E-state index contributed by atoms with van der Waals surface area (Å²) in [6.07, 6.45) is 3.95. The average Bonchev–Trinajstić information content (AvgIpc) is 2.60. The molecule has 3 unspecified atom stereocenters. The smallest absolute Gasteiger partial charge is 0.258 e. The topological polar surface area (TPSA) is 87.7 Å². The molecule has 1 saturated carbocycles. The first-order valence-electron chi connectivity index (χ1n) is 8.94. The molecule has 0 heterocycles. The first-order chi connectivity index (χ1) is 12.0. The molecule has 0 bridgehead atoms. The van der Waals surface area contributed by atoms with Crippen LogP contribution in [0.3, 0.4) is 0 Å². The first kappa shape index (κ1) is 19.2. The van der Waals surface area contributed by atoms with Crippen molar-refractivity contribution in [1.82, 2.24) is 10.6 Å². The highest BCUT2D eigenvalue weighted by molar-refractivity contribution is 5.94. The maximum Gasteiger partial charge on any atom is 0.258 e. The fraction of sp³-hybridized carbons (Fsp3) is 0.579. The van der Waals surface area contributed by atoms with Gasteiger partial charge in [-0.05, 0) is 43.9 Å². The van der Waals surface area contributed by atoms with Crippen LogP contribution in [-0.4, -0.2) is 42.2 Å². The third kappa shape index (κ3) is 6.38. The summed E-state index contributed by atoms with van der Waals surface area (Å²) in [5.41, 5.74) is 0.430. The van der Waals surface area contributed by atoms with E-state index in [0.717, 1.165) is 19.3 Å². The van der Waals surface area contributed by atoms with Crippen LogP contribution in [0.4, 0.5) is 0 Å². The van der Waals surface area contributed by atoms with Crippen molar-refractivity contribution in [2.24, 2.45) is 5.92 Å². The second-order valence-corrected chi connectivity index (χ2v) is 6.81. The number of carbonyl (C=O) groups is 2. The summed E-state index contributed by atoms with van der Waals surface area (Å²) in [6, 6.07) is 6.89. The molecule has 25 heavy (non-hydrogen) atoms. The molecule has 0 aromatic heterocycles. The molecule has 0 saturated heterocycles. The Balaban J connectivity index is 1.83. The van der Waals surface area contributed by atoms with E-state index in [0.29, 0.717) is 17.2 Å². The van der Waals surface area contributed by atoms with Crippen LogP contribution in [0.1, 0.15) is 49.9 Å². The molecular weight excluding hydrogens is 320 g/mol. The van der Waals surface area contributed by atoms with Crippen LogP contribution in [-0.2, 0) is 4.79 Å². The Morgan fingerprint density at radius 3 is 2.80 bits per heavy atom. The van der Waals surface area contributed by atoms with Gasteiger partial charge in [0.05, 0.1) is 6.10 Å². The van der Waals surface area contributed by atoms with Crippen molar-refractivity contribution in [2.45, 2.75) is 51.7 Å². The lowest BCUT2D eigenvalue weighted by Gasteiger charge is -2.29. The third-order valence-electron chi connectivity index (χ3n) is 4.48. The van der Waals surface area contributed by atoms with Crippen LogP contribution < -0.4 is 15.4 Å². The summed E-state index contributed by atoms with van der Waals surface area (Å²) < 4.78 is 5.52. The number of hydrogen-bond acceptors (Lipinski definition) is 4. The SMILES string of the molecule is CC(O)CNC(=O)c1cccc(OCC(=O)NC2CCCCC2C)c1. The quantitative estimate of drug-likeness (QED) is 0.702. The van der Waals surface area contributed by atoms with Gasteiger partial charge in [-0.3, -0.25) is 9.59 Å². The van der Waals surface area contributed by atoms with E-state index < -0.39 is 6.10 Å². The Morgan fingerprint density at radius 1 is 1.32 bits per heavy atom. The second-order valence-electron chi connectivity index (χ2n) is 6.81. The number of nitrogens with one attached hydrogen (secondary N) is 2. The zero-order chi connectivity index (χ0) is 18.2. The minimum atomic E-state index is -0.603. The van der Waals surface area contributed by atoms with Gasteiger partial charge < -0.3 is 20.5 Å².